The molecular weight excluding hydrogens is 1260 g/mol. The third kappa shape index (κ3) is 40.7. The van der Waals surface area contributed by atoms with Crippen molar-refractivity contribution in [3.8, 4) is 0 Å². The van der Waals surface area contributed by atoms with Gasteiger partial charge < -0.3 is 89.9 Å². The van der Waals surface area contributed by atoms with Crippen molar-refractivity contribution in [2.24, 2.45) is 0 Å². The number of hydrogen-bond donors (Lipinski definition) is 12. The number of unbranched alkanes of at least 4 members (excludes halogenated alkanes) is 31. The third-order valence-electron chi connectivity index (χ3n) is 19.2. The number of hydrogen-bond acceptors (Lipinski definition) is 18. The number of carbonyl (C=O) groups is 1. The molecule has 3 aliphatic rings. The molecular formula is C80H141NO18. The molecule has 3 fully saturated rings. The average molecular weight is 1400 g/mol. The van der Waals surface area contributed by atoms with Crippen LogP contribution in [0.2, 0.25) is 0 Å². The fraction of sp³-hybridized carbons (Fsp3) is 0.812. The minimum atomic E-state index is -1.98. The summed E-state index contributed by atoms with van der Waals surface area (Å²) in [6.45, 7) is 1.70. The Morgan fingerprint density at radius 2 is 0.697 bits per heavy atom. The largest absolute Gasteiger partial charge is 0.394 e. The van der Waals surface area contributed by atoms with Crippen LogP contribution in [0.15, 0.2) is 85.1 Å². The van der Waals surface area contributed by atoms with Gasteiger partial charge in [0.25, 0.3) is 0 Å². The van der Waals surface area contributed by atoms with Gasteiger partial charge in [-0.2, -0.15) is 0 Å². The molecule has 1 amide bonds. The van der Waals surface area contributed by atoms with Gasteiger partial charge in [0.1, 0.15) is 73.2 Å². The van der Waals surface area contributed by atoms with Crippen LogP contribution in [-0.2, 0) is 33.2 Å². The summed E-state index contributed by atoms with van der Waals surface area (Å²) in [7, 11) is 0. The molecule has 3 heterocycles. The summed E-state index contributed by atoms with van der Waals surface area (Å²) in [5, 5.41) is 121. The zero-order valence-corrected chi connectivity index (χ0v) is 61.2. The highest BCUT2D eigenvalue weighted by Gasteiger charge is 2.54. The zero-order valence-electron chi connectivity index (χ0n) is 61.2. The smallest absolute Gasteiger partial charge is 0.220 e. The van der Waals surface area contributed by atoms with E-state index in [0.717, 1.165) is 116 Å². The van der Waals surface area contributed by atoms with Crippen molar-refractivity contribution < 1.29 is 89.4 Å². The minimum Gasteiger partial charge on any atom is -0.394 e. The molecule has 19 nitrogen and oxygen atoms in total. The lowest BCUT2D eigenvalue weighted by Gasteiger charge is -2.48. The minimum absolute atomic E-state index is 0.249. The van der Waals surface area contributed by atoms with Crippen LogP contribution in [0.3, 0.4) is 0 Å². The Balaban J connectivity index is 1.39. The van der Waals surface area contributed by atoms with Gasteiger partial charge in [0.05, 0.1) is 38.6 Å². The Labute approximate surface area is 597 Å². The van der Waals surface area contributed by atoms with E-state index in [4.69, 9.17) is 28.4 Å². The molecule has 3 aliphatic heterocycles. The van der Waals surface area contributed by atoms with E-state index >= 15 is 0 Å². The number of aliphatic hydroxyl groups is 11. The Bertz CT molecular complexity index is 2120. The van der Waals surface area contributed by atoms with E-state index in [9.17, 15) is 61.0 Å². The predicted molar refractivity (Wildman–Crippen MR) is 392 cm³/mol. The number of carbonyl (C=O) groups excluding carboxylic acids is 1. The van der Waals surface area contributed by atoms with Crippen LogP contribution in [0, 0.1) is 0 Å². The molecule has 12 N–H and O–H groups in total. The van der Waals surface area contributed by atoms with Gasteiger partial charge in [0.2, 0.25) is 5.91 Å². The van der Waals surface area contributed by atoms with Crippen LogP contribution >= 0.6 is 0 Å². The predicted octanol–water partition coefficient (Wildman–Crippen LogP) is 12.6. The molecule has 0 bridgehead atoms. The molecule has 0 spiro atoms. The van der Waals surface area contributed by atoms with Crippen LogP contribution in [0.4, 0.5) is 0 Å². The molecule has 0 aromatic rings. The van der Waals surface area contributed by atoms with Crippen molar-refractivity contribution in [1.29, 1.82) is 0 Å². The van der Waals surface area contributed by atoms with Crippen molar-refractivity contribution in [2.75, 3.05) is 26.4 Å². The summed E-state index contributed by atoms with van der Waals surface area (Å²) >= 11 is 0. The molecule has 17 unspecified atom stereocenters. The fourth-order valence-electron chi connectivity index (χ4n) is 12.9. The number of rotatable bonds is 61. The molecule has 0 aromatic carbocycles. The molecule has 0 radical (unpaired) electrons. The van der Waals surface area contributed by atoms with E-state index in [2.05, 4.69) is 104 Å². The van der Waals surface area contributed by atoms with Crippen LogP contribution in [0.5, 0.6) is 0 Å². The molecule has 0 aromatic heterocycles. The second-order valence-electron chi connectivity index (χ2n) is 27.8. The van der Waals surface area contributed by atoms with Crippen LogP contribution in [0.25, 0.3) is 0 Å². The summed E-state index contributed by atoms with van der Waals surface area (Å²) < 4.78 is 34.5. The van der Waals surface area contributed by atoms with Crippen LogP contribution in [-0.4, -0.2) is 193 Å². The number of nitrogens with one attached hydrogen (secondary N) is 1. The lowest BCUT2D eigenvalue weighted by molar-refractivity contribution is -0.379. The molecule has 0 aliphatic carbocycles. The van der Waals surface area contributed by atoms with E-state index in [0.29, 0.717) is 12.8 Å². The Hall–Kier alpha value is -3.03. The number of amides is 1. The number of aliphatic hydroxyl groups excluding tert-OH is 11. The standard InChI is InChI=1S/C80H141NO18/c1-3-5-7-9-11-13-15-17-19-21-23-25-27-29-30-31-32-34-36-38-40-42-44-46-48-50-52-54-56-58-68(86)81-63(64(85)57-55-53-51-49-47-45-43-41-39-37-35-33-28-26-24-22-20-18-16-14-12-10-8-6-4-2)62-94-78-74(92)71(89)76(66(60-83)96-78)99-80-75(93)72(90)77(67(61-84)97-80)98-79-73(91)70(88)69(87)65(59-82)95-79/h5,7,11,13,17,19,23,25,29-30,32,34,38,40,63-67,69-80,82-85,87-93H,3-4,6,8-10,12,14-16,18,20-22,24,26-28,31,33,35-37,39,41-62H2,1-2H3,(H,81,86)/b7-5-,13-11-,19-17-,25-23-,30-29-,34-32-,40-38-. The highest BCUT2D eigenvalue weighted by atomic mass is 16.8. The van der Waals surface area contributed by atoms with Crippen molar-refractivity contribution in [3.63, 3.8) is 0 Å². The second kappa shape index (κ2) is 60.3. The van der Waals surface area contributed by atoms with E-state index in [1.165, 1.54) is 135 Å². The summed E-state index contributed by atoms with van der Waals surface area (Å²) in [4.78, 5) is 13.5. The Kier molecular flexibility index (Phi) is 54.9. The first-order valence-electron chi connectivity index (χ1n) is 39.3. The maximum atomic E-state index is 13.5. The van der Waals surface area contributed by atoms with Gasteiger partial charge in [-0.05, 0) is 70.6 Å². The maximum Gasteiger partial charge on any atom is 0.220 e. The van der Waals surface area contributed by atoms with E-state index < -0.39 is 124 Å². The number of ether oxygens (including phenoxy) is 6. The molecule has 3 saturated heterocycles. The molecule has 17 atom stereocenters. The SMILES string of the molecule is CC/C=C\C/C=C\C/C=C\C/C=C\C/C=C\C/C=C\C/C=C\CCCCCCCCCC(=O)NC(COC1OC(CO)C(OC2OC(CO)C(OC3OC(CO)C(O)C(O)C3O)C(O)C2O)C(O)C1O)C(O)CCCCCCCCCCCCCCCCCCCCCCCCCCC. The van der Waals surface area contributed by atoms with E-state index in [-0.39, 0.29) is 18.9 Å². The monoisotopic (exact) mass is 1400 g/mol. The van der Waals surface area contributed by atoms with E-state index in [1.54, 1.807) is 0 Å². The van der Waals surface area contributed by atoms with Gasteiger partial charge in [-0.1, -0.05) is 292 Å². The summed E-state index contributed by atoms with van der Waals surface area (Å²) in [6.07, 6.45) is 52.2. The molecule has 3 rings (SSSR count). The third-order valence-corrected chi connectivity index (χ3v) is 19.2. The van der Waals surface area contributed by atoms with Gasteiger partial charge in [-0.3, -0.25) is 4.79 Å². The van der Waals surface area contributed by atoms with E-state index in [1.807, 2.05) is 0 Å². The molecule has 0 saturated carbocycles. The molecule has 19 heteroatoms. The summed E-state index contributed by atoms with van der Waals surface area (Å²) in [6, 6.07) is -0.901. The topological polar surface area (TPSA) is 307 Å². The first-order valence-corrected chi connectivity index (χ1v) is 39.3. The Morgan fingerprint density at radius 1 is 0.374 bits per heavy atom. The fourth-order valence-corrected chi connectivity index (χ4v) is 12.9. The molecule has 99 heavy (non-hydrogen) atoms. The average Bonchev–Trinajstić information content (AvgIpc) is 0.785. The first-order chi connectivity index (χ1) is 48.3. The van der Waals surface area contributed by atoms with Crippen LogP contribution in [0.1, 0.15) is 284 Å². The first kappa shape index (κ1) is 90.2. The highest BCUT2D eigenvalue weighted by Crippen LogP contribution is 2.33. The van der Waals surface area contributed by atoms with Crippen LogP contribution < -0.4 is 5.32 Å². The van der Waals surface area contributed by atoms with Crippen molar-refractivity contribution in [3.05, 3.63) is 85.1 Å². The quantitative estimate of drug-likeness (QED) is 0.0199. The number of allylic oxidation sites excluding steroid dienone is 14. The van der Waals surface area contributed by atoms with Crippen molar-refractivity contribution in [2.45, 2.75) is 388 Å². The van der Waals surface area contributed by atoms with Crippen molar-refractivity contribution in [1.82, 2.24) is 5.32 Å². The van der Waals surface area contributed by atoms with Gasteiger partial charge >= 0.3 is 0 Å². The lowest BCUT2D eigenvalue weighted by Crippen LogP contribution is -2.66. The van der Waals surface area contributed by atoms with Crippen molar-refractivity contribution >= 4 is 5.91 Å². The lowest BCUT2D eigenvalue weighted by atomic mass is 9.96. The molecule has 574 valence electrons. The second-order valence-corrected chi connectivity index (χ2v) is 27.8. The maximum absolute atomic E-state index is 13.5. The van der Waals surface area contributed by atoms with Gasteiger partial charge in [-0.25, -0.2) is 0 Å². The Morgan fingerprint density at radius 3 is 1.09 bits per heavy atom. The van der Waals surface area contributed by atoms with Gasteiger partial charge in [-0.15, -0.1) is 0 Å². The summed E-state index contributed by atoms with van der Waals surface area (Å²) in [5.74, 6) is -0.254. The summed E-state index contributed by atoms with van der Waals surface area (Å²) in [5.41, 5.74) is 0. The van der Waals surface area contributed by atoms with Gasteiger partial charge in [0, 0.05) is 6.42 Å². The zero-order chi connectivity index (χ0) is 71.8. The highest BCUT2D eigenvalue weighted by molar-refractivity contribution is 5.76. The normalized spacial score (nSPS) is 27.1. The van der Waals surface area contributed by atoms with Gasteiger partial charge in [0.15, 0.2) is 18.9 Å².